The molecule has 0 amide bonds. The van der Waals surface area contributed by atoms with E-state index in [2.05, 4.69) is 4.98 Å². The predicted molar refractivity (Wildman–Crippen MR) is 70.3 cm³/mol. The first kappa shape index (κ1) is 12.8. The fraction of sp³-hybridized carbons (Fsp3) is 0.357. The lowest BCUT2D eigenvalue weighted by molar-refractivity contribution is 0.610. The zero-order chi connectivity index (χ0) is 13.1. The zero-order valence-electron chi connectivity index (χ0n) is 10.7. The lowest BCUT2D eigenvalue weighted by atomic mass is 10.1. The van der Waals surface area contributed by atoms with Crippen LogP contribution in [0.3, 0.4) is 0 Å². The van der Waals surface area contributed by atoms with Gasteiger partial charge in [-0.1, -0.05) is 13.0 Å². The van der Waals surface area contributed by atoms with E-state index < -0.39 is 0 Å². The summed E-state index contributed by atoms with van der Waals surface area (Å²) in [5.74, 6) is 0.620. The van der Waals surface area contributed by atoms with Crippen molar-refractivity contribution in [1.82, 2.24) is 9.55 Å². The topological polar surface area (TPSA) is 43.8 Å². The summed E-state index contributed by atoms with van der Waals surface area (Å²) in [7, 11) is 0. The van der Waals surface area contributed by atoms with Crippen molar-refractivity contribution in [2.45, 2.75) is 32.7 Å². The highest BCUT2D eigenvalue weighted by Gasteiger charge is 2.09. The van der Waals surface area contributed by atoms with Crippen LogP contribution in [-0.4, -0.2) is 15.6 Å². The summed E-state index contributed by atoms with van der Waals surface area (Å²) in [6, 6.07) is 5.29. The minimum atomic E-state index is -0.235. The van der Waals surface area contributed by atoms with E-state index in [4.69, 9.17) is 5.73 Å². The molecule has 2 N–H and O–H groups in total. The van der Waals surface area contributed by atoms with Gasteiger partial charge in [-0.15, -0.1) is 0 Å². The Hall–Kier alpha value is -1.68. The van der Waals surface area contributed by atoms with Crippen LogP contribution in [0.25, 0.3) is 5.69 Å². The molecule has 0 saturated carbocycles. The molecule has 0 fully saturated rings. The molecule has 2 aromatic rings. The Kier molecular flexibility index (Phi) is 3.77. The molecule has 0 spiro atoms. The van der Waals surface area contributed by atoms with Crippen molar-refractivity contribution in [3.05, 3.63) is 47.8 Å². The summed E-state index contributed by atoms with van der Waals surface area (Å²) >= 11 is 0. The Balaban J connectivity index is 2.35. The van der Waals surface area contributed by atoms with Gasteiger partial charge in [-0.25, -0.2) is 9.37 Å². The van der Waals surface area contributed by atoms with E-state index in [-0.39, 0.29) is 11.9 Å². The van der Waals surface area contributed by atoms with Crippen molar-refractivity contribution in [2.24, 2.45) is 5.73 Å². The van der Waals surface area contributed by atoms with Gasteiger partial charge in [-0.3, -0.25) is 0 Å². The van der Waals surface area contributed by atoms with Crippen LogP contribution < -0.4 is 5.73 Å². The smallest absolute Gasteiger partial charge is 0.147 e. The van der Waals surface area contributed by atoms with Gasteiger partial charge in [0.25, 0.3) is 0 Å². The Morgan fingerprint density at radius 3 is 2.83 bits per heavy atom. The van der Waals surface area contributed by atoms with Crippen LogP contribution in [0.2, 0.25) is 0 Å². The summed E-state index contributed by atoms with van der Waals surface area (Å²) in [5, 5.41) is 0. The Bertz CT molecular complexity index is 532. The standard InChI is InChI=1S/C14H18FN3/c1-3-14-17-6-7-18(14)13-5-4-11(8-10(2)16)9-12(13)15/h4-7,9-10H,3,8,16H2,1-2H3. The molecule has 0 saturated heterocycles. The maximum atomic E-state index is 14.1. The summed E-state index contributed by atoms with van der Waals surface area (Å²) in [6.45, 7) is 3.91. The summed E-state index contributed by atoms with van der Waals surface area (Å²) in [4.78, 5) is 4.20. The normalized spacial score (nSPS) is 12.7. The molecule has 1 aromatic carbocycles. The van der Waals surface area contributed by atoms with Gasteiger partial charge in [0.15, 0.2) is 0 Å². The highest BCUT2D eigenvalue weighted by atomic mass is 19.1. The van der Waals surface area contributed by atoms with E-state index in [0.29, 0.717) is 12.1 Å². The quantitative estimate of drug-likeness (QED) is 0.902. The average molecular weight is 247 g/mol. The molecule has 0 aliphatic carbocycles. The minimum Gasteiger partial charge on any atom is -0.328 e. The van der Waals surface area contributed by atoms with Gasteiger partial charge < -0.3 is 10.3 Å². The summed E-state index contributed by atoms with van der Waals surface area (Å²) in [6.07, 6.45) is 4.92. The van der Waals surface area contributed by atoms with Crippen LogP contribution in [0, 0.1) is 5.82 Å². The maximum Gasteiger partial charge on any atom is 0.147 e. The lowest BCUT2D eigenvalue weighted by Crippen LogP contribution is -2.18. The first-order valence-electron chi connectivity index (χ1n) is 6.18. The molecular formula is C14H18FN3. The van der Waals surface area contributed by atoms with E-state index in [0.717, 1.165) is 17.8 Å². The van der Waals surface area contributed by atoms with Crippen LogP contribution >= 0.6 is 0 Å². The number of nitrogens with two attached hydrogens (primary N) is 1. The number of hydrogen-bond acceptors (Lipinski definition) is 2. The molecule has 18 heavy (non-hydrogen) atoms. The number of hydrogen-bond donors (Lipinski definition) is 1. The van der Waals surface area contributed by atoms with E-state index in [1.54, 1.807) is 29.1 Å². The summed E-state index contributed by atoms with van der Waals surface area (Å²) in [5.41, 5.74) is 7.18. The number of aryl methyl sites for hydroxylation is 1. The molecule has 1 aromatic heterocycles. The average Bonchev–Trinajstić information content (AvgIpc) is 2.76. The van der Waals surface area contributed by atoms with Crippen LogP contribution in [-0.2, 0) is 12.8 Å². The number of benzene rings is 1. The molecular weight excluding hydrogens is 229 g/mol. The third-order valence-corrected chi connectivity index (χ3v) is 2.86. The highest BCUT2D eigenvalue weighted by Crippen LogP contribution is 2.18. The second-order valence-electron chi connectivity index (χ2n) is 4.53. The molecule has 2 rings (SSSR count). The molecule has 96 valence electrons. The fourth-order valence-electron chi connectivity index (χ4n) is 2.06. The Morgan fingerprint density at radius 2 is 2.22 bits per heavy atom. The number of halogens is 1. The van der Waals surface area contributed by atoms with Crippen molar-refractivity contribution in [3.63, 3.8) is 0 Å². The zero-order valence-corrected chi connectivity index (χ0v) is 10.7. The van der Waals surface area contributed by atoms with E-state index >= 15 is 0 Å². The number of nitrogens with zero attached hydrogens (tertiary/aromatic N) is 2. The second-order valence-corrected chi connectivity index (χ2v) is 4.53. The molecule has 0 bridgehead atoms. The van der Waals surface area contributed by atoms with Crippen molar-refractivity contribution in [1.29, 1.82) is 0 Å². The molecule has 1 unspecified atom stereocenters. The van der Waals surface area contributed by atoms with Crippen LogP contribution in [0.15, 0.2) is 30.6 Å². The highest BCUT2D eigenvalue weighted by molar-refractivity contribution is 5.38. The Morgan fingerprint density at radius 1 is 1.44 bits per heavy atom. The van der Waals surface area contributed by atoms with Crippen molar-refractivity contribution in [2.75, 3.05) is 0 Å². The van der Waals surface area contributed by atoms with Crippen molar-refractivity contribution in [3.8, 4) is 5.69 Å². The monoisotopic (exact) mass is 247 g/mol. The van der Waals surface area contributed by atoms with Crippen molar-refractivity contribution >= 4 is 0 Å². The van der Waals surface area contributed by atoms with Gasteiger partial charge >= 0.3 is 0 Å². The van der Waals surface area contributed by atoms with Gasteiger partial charge in [0, 0.05) is 24.9 Å². The first-order valence-corrected chi connectivity index (χ1v) is 6.18. The molecule has 0 aliphatic heterocycles. The summed E-state index contributed by atoms with van der Waals surface area (Å²) < 4.78 is 15.9. The van der Waals surface area contributed by atoms with Crippen LogP contribution in [0.5, 0.6) is 0 Å². The van der Waals surface area contributed by atoms with E-state index in [1.165, 1.54) is 0 Å². The number of rotatable bonds is 4. The Labute approximate surface area is 106 Å². The second kappa shape index (κ2) is 5.31. The molecule has 1 atom stereocenters. The largest absolute Gasteiger partial charge is 0.328 e. The van der Waals surface area contributed by atoms with Gasteiger partial charge in [0.1, 0.15) is 11.6 Å². The predicted octanol–water partition coefficient (Wildman–Crippen LogP) is 2.46. The SMILES string of the molecule is CCc1nccn1-c1ccc(CC(C)N)cc1F. The number of aromatic nitrogens is 2. The third-order valence-electron chi connectivity index (χ3n) is 2.86. The van der Waals surface area contributed by atoms with Gasteiger partial charge in [-0.2, -0.15) is 0 Å². The molecule has 4 heteroatoms. The van der Waals surface area contributed by atoms with Gasteiger partial charge in [-0.05, 0) is 31.0 Å². The van der Waals surface area contributed by atoms with E-state index in [9.17, 15) is 4.39 Å². The van der Waals surface area contributed by atoms with Crippen LogP contribution in [0.1, 0.15) is 25.2 Å². The molecule has 1 heterocycles. The van der Waals surface area contributed by atoms with E-state index in [1.807, 2.05) is 19.9 Å². The van der Waals surface area contributed by atoms with Gasteiger partial charge in [0.2, 0.25) is 0 Å². The molecule has 0 radical (unpaired) electrons. The van der Waals surface area contributed by atoms with Gasteiger partial charge in [0.05, 0.1) is 5.69 Å². The molecule has 0 aliphatic rings. The first-order chi connectivity index (χ1) is 8.61. The lowest BCUT2D eigenvalue weighted by Gasteiger charge is -2.10. The maximum absolute atomic E-state index is 14.1. The van der Waals surface area contributed by atoms with Crippen molar-refractivity contribution < 1.29 is 4.39 Å². The fourth-order valence-corrected chi connectivity index (χ4v) is 2.06. The third kappa shape index (κ3) is 2.59. The van der Waals surface area contributed by atoms with Crippen LogP contribution in [0.4, 0.5) is 4.39 Å². The number of imidazole rings is 1. The molecule has 3 nitrogen and oxygen atoms in total. The minimum absolute atomic E-state index is 0.0368.